The summed E-state index contributed by atoms with van der Waals surface area (Å²) in [6, 6.07) is 6.25. The number of anilines is 3. The van der Waals surface area contributed by atoms with Crippen LogP contribution in [0.5, 0.6) is 0 Å². The van der Waals surface area contributed by atoms with E-state index in [4.69, 9.17) is 5.73 Å². The molecule has 0 aliphatic rings. The van der Waals surface area contributed by atoms with E-state index in [1.54, 1.807) is 16.9 Å². The Kier molecular flexibility index (Phi) is 3.88. The van der Waals surface area contributed by atoms with Crippen molar-refractivity contribution in [2.24, 2.45) is 5.73 Å². The van der Waals surface area contributed by atoms with E-state index in [0.29, 0.717) is 30.5 Å². The SMILES string of the molecule is Cc1cc(C)cc(Nc2nc3c(NCCN)nccn3n2)c1. The topological polar surface area (TPSA) is 93.2 Å². The second-order valence-electron chi connectivity index (χ2n) is 5.20. The second kappa shape index (κ2) is 5.98. The third-order valence-electron chi connectivity index (χ3n) is 3.17. The molecule has 0 amide bonds. The van der Waals surface area contributed by atoms with Gasteiger partial charge in [-0.1, -0.05) is 6.07 Å². The first-order valence-corrected chi connectivity index (χ1v) is 7.16. The van der Waals surface area contributed by atoms with Crippen LogP contribution in [-0.2, 0) is 0 Å². The summed E-state index contributed by atoms with van der Waals surface area (Å²) in [7, 11) is 0. The van der Waals surface area contributed by atoms with E-state index >= 15 is 0 Å². The van der Waals surface area contributed by atoms with Gasteiger partial charge in [0.25, 0.3) is 0 Å². The zero-order valence-electron chi connectivity index (χ0n) is 12.7. The van der Waals surface area contributed by atoms with Gasteiger partial charge in [-0.15, -0.1) is 5.10 Å². The van der Waals surface area contributed by atoms with Crippen LogP contribution >= 0.6 is 0 Å². The van der Waals surface area contributed by atoms with Gasteiger partial charge in [-0.2, -0.15) is 4.98 Å². The lowest BCUT2D eigenvalue weighted by Crippen LogP contribution is -2.14. The Bertz CT molecular complexity index is 773. The third-order valence-corrected chi connectivity index (χ3v) is 3.17. The smallest absolute Gasteiger partial charge is 0.247 e. The molecule has 2 heterocycles. The molecule has 0 fully saturated rings. The van der Waals surface area contributed by atoms with Gasteiger partial charge in [0, 0.05) is 31.2 Å². The maximum Gasteiger partial charge on any atom is 0.247 e. The van der Waals surface area contributed by atoms with E-state index in [2.05, 4.69) is 57.7 Å². The third kappa shape index (κ3) is 2.99. The highest BCUT2D eigenvalue weighted by molar-refractivity contribution is 5.65. The summed E-state index contributed by atoms with van der Waals surface area (Å²) in [5, 5.41) is 10.8. The van der Waals surface area contributed by atoms with Crippen LogP contribution in [0.3, 0.4) is 0 Å². The van der Waals surface area contributed by atoms with E-state index in [-0.39, 0.29) is 0 Å². The molecular formula is C15H19N7. The number of nitrogens with one attached hydrogen (secondary N) is 2. The fraction of sp³-hybridized carbons (Fsp3) is 0.267. The summed E-state index contributed by atoms with van der Waals surface area (Å²) in [6.07, 6.45) is 3.45. The van der Waals surface area contributed by atoms with E-state index in [1.807, 2.05) is 0 Å². The van der Waals surface area contributed by atoms with Gasteiger partial charge in [0.1, 0.15) is 0 Å². The Labute approximate surface area is 128 Å². The number of aromatic nitrogens is 4. The lowest BCUT2D eigenvalue weighted by atomic mass is 10.1. The minimum Gasteiger partial charge on any atom is -0.366 e. The predicted molar refractivity (Wildman–Crippen MR) is 87.5 cm³/mol. The van der Waals surface area contributed by atoms with Crippen molar-refractivity contribution in [1.82, 2.24) is 19.6 Å². The maximum absolute atomic E-state index is 5.51. The van der Waals surface area contributed by atoms with E-state index in [0.717, 1.165) is 5.69 Å². The summed E-state index contributed by atoms with van der Waals surface area (Å²) < 4.78 is 1.69. The van der Waals surface area contributed by atoms with Crippen molar-refractivity contribution in [3.8, 4) is 0 Å². The highest BCUT2D eigenvalue weighted by Crippen LogP contribution is 2.19. The Morgan fingerprint density at radius 2 is 1.95 bits per heavy atom. The van der Waals surface area contributed by atoms with Gasteiger partial charge in [0.05, 0.1) is 0 Å². The molecule has 3 rings (SSSR count). The van der Waals surface area contributed by atoms with Gasteiger partial charge in [-0.25, -0.2) is 9.50 Å². The Morgan fingerprint density at radius 1 is 1.18 bits per heavy atom. The van der Waals surface area contributed by atoms with Crippen molar-refractivity contribution in [1.29, 1.82) is 0 Å². The Hall–Kier alpha value is -2.67. The second-order valence-corrected chi connectivity index (χ2v) is 5.20. The highest BCUT2D eigenvalue weighted by atomic mass is 15.4. The number of aryl methyl sites for hydroxylation is 2. The summed E-state index contributed by atoms with van der Waals surface area (Å²) in [5.41, 5.74) is 9.54. The van der Waals surface area contributed by atoms with Crippen LogP contribution < -0.4 is 16.4 Å². The number of benzene rings is 1. The Morgan fingerprint density at radius 3 is 2.68 bits per heavy atom. The first kappa shape index (κ1) is 14.3. The number of hydrogen-bond donors (Lipinski definition) is 3. The molecule has 3 aromatic rings. The van der Waals surface area contributed by atoms with Crippen LogP contribution in [0.15, 0.2) is 30.6 Å². The van der Waals surface area contributed by atoms with Gasteiger partial charge < -0.3 is 16.4 Å². The number of rotatable bonds is 5. The monoisotopic (exact) mass is 297 g/mol. The highest BCUT2D eigenvalue weighted by Gasteiger charge is 2.09. The zero-order valence-corrected chi connectivity index (χ0v) is 12.7. The van der Waals surface area contributed by atoms with Crippen molar-refractivity contribution < 1.29 is 0 Å². The van der Waals surface area contributed by atoms with Crippen LogP contribution in [0.25, 0.3) is 5.65 Å². The lowest BCUT2D eigenvalue weighted by molar-refractivity contribution is 0.941. The summed E-state index contributed by atoms with van der Waals surface area (Å²) in [6.45, 7) is 5.30. The van der Waals surface area contributed by atoms with Gasteiger partial charge in [0.15, 0.2) is 11.5 Å². The molecule has 2 aromatic heterocycles. The summed E-state index contributed by atoms with van der Waals surface area (Å²) >= 11 is 0. The fourth-order valence-electron chi connectivity index (χ4n) is 2.36. The van der Waals surface area contributed by atoms with E-state index in [9.17, 15) is 0 Å². The van der Waals surface area contributed by atoms with Crippen molar-refractivity contribution in [2.75, 3.05) is 23.7 Å². The number of hydrogen-bond acceptors (Lipinski definition) is 6. The molecule has 4 N–H and O–H groups in total. The van der Waals surface area contributed by atoms with Crippen LogP contribution in [-0.4, -0.2) is 32.7 Å². The number of nitrogens with two attached hydrogens (primary N) is 1. The fourth-order valence-corrected chi connectivity index (χ4v) is 2.36. The lowest BCUT2D eigenvalue weighted by Gasteiger charge is -2.04. The van der Waals surface area contributed by atoms with Gasteiger partial charge in [0.2, 0.25) is 5.95 Å². The standard InChI is InChI=1S/C15H19N7/c1-10-7-11(2)9-12(8-10)19-15-20-14-13(17-4-3-16)18-5-6-22(14)21-15/h5-9H,3-4,16H2,1-2H3,(H,17,18)(H,19,21). The maximum atomic E-state index is 5.51. The molecule has 1 aromatic carbocycles. The van der Waals surface area contributed by atoms with Crippen molar-refractivity contribution >= 4 is 23.1 Å². The molecule has 0 atom stereocenters. The first-order valence-electron chi connectivity index (χ1n) is 7.16. The summed E-state index contributed by atoms with van der Waals surface area (Å²) in [4.78, 5) is 8.77. The number of fused-ring (bicyclic) bond motifs is 1. The van der Waals surface area contributed by atoms with Crippen molar-refractivity contribution in [3.63, 3.8) is 0 Å². The average Bonchev–Trinajstić information content (AvgIpc) is 2.86. The molecule has 0 saturated heterocycles. The molecule has 0 spiro atoms. The van der Waals surface area contributed by atoms with Crippen LogP contribution in [0.2, 0.25) is 0 Å². The van der Waals surface area contributed by atoms with E-state index in [1.165, 1.54) is 11.1 Å². The predicted octanol–water partition coefficient (Wildman–Crippen LogP) is 1.86. The van der Waals surface area contributed by atoms with Crippen LogP contribution in [0, 0.1) is 13.8 Å². The van der Waals surface area contributed by atoms with E-state index < -0.39 is 0 Å². The van der Waals surface area contributed by atoms with Crippen LogP contribution in [0.4, 0.5) is 17.5 Å². The van der Waals surface area contributed by atoms with Crippen molar-refractivity contribution in [2.45, 2.75) is 13.8 Å². The molecule has 0 bridgehead atoms. The van der Waals surface area contributed by atoms with Crippen molar-refractivity contribution in [3.05, 3.63) is 41.7 Å². The molecule has 22 heavy (non-hydrogen) atoms. The average molecular weight is 297 g/mol. The molecule has 7 nitrogen and oxygen atoms in total. The molecule has 0 unspecified atom stereocenters. The van der Waals surface area contributed by atoms with Gasteiger partial charge in [-0.05, 0) is 37.1 Å². The Balaban J connectivity index is 1.91. The molecule has 0 aliphatic heterocycles. The minimum atomic E-state index is 0.532. The number of nitrogens with zero attached hydrogens (tertiary/aromatic N) is 4. The quantitative estimate of drug-likeness (QED) is 0.665. The zero-order chi connectivity index (χ0) is 15.5. The molecule has 0 saturated carbocycles. The molecule has 7 heteroatoms. The molecule has 114 valence electrons. The van der Waals surface area contributed by atoms with Gasteiger partial charge in [-0.3, -0.25) is 0 Å². The molecule has 0 aliphatic carbocycles. The molecule has 0 radical (unpaired) electrons. The first-order chi connectivity index (χ1) is 10.7. The summed E-state index contributed by atoms with van der Waals surface area (Å²) in [5.74, 6) is 1.21. The minimum absolute atomic E-state index is 0.532. The normalized spacial score (nSPS) is 10.9. The molecular weight excluding hydrogens is 278 g/mol. The van der Waals surface area contributed by atoms with Gasteiger partial charge >= 0.3 is 0 Å². The van der Waals surface area contributed by atoms with Crippen LogP contribution in [0.1, 0.15) is 11.1 Å². The largest absolute Gasteiger partial charge is 0.366 e.